The molecule has 0 amide bonds. The minimum atomic E-state index is -0.811. The van der Waals surface area contributed by atoms with Gasteiger partial charge in [0.1, 0.15) is 5.01 Å². The van der Waals surface area contributed by atoms with Gasteiger partial charge in [0.05, 0.1) is 11.0 Å². The topological polar surface area (TPSA) is 68.1 Å². The van der Waals surface area contributed by atoms with Crippen molar-refractivity contribution in [3.63, 3.8) is 0 Å². The van der Waals surface area contributed by atoms with Crippen LogP contribution in [0.1, 0.15) is 35.3 Å². The van der Waals surface area contributed by atoms with E-state index in [-0.39, 0.29) is 6.04 Å². The Morgan fingerprint density at radius 3 is 2.86 bits per heavy atom. The first-order chi connectivity index (χ1) is 10.0. The number of nitrogens with zero attached hydrogens (tertiary/aromatic N) is 2. The number of benzene rings is 1. The molecule has 0 saturated carbocycles. The van der Waals surface area contributed by atoms with Gasteiger partial charge in [0.25, 0.3) is 0 Å². The third-order valence-corrected chi connectivity index (χ3v) is 4.44. The molecule has 1 heterocycles. The Morgan fingerprint density at radius 2 is 2.29 bits per heavy atom. The van der Waals surface area contributed by atoms with Gasteiger partial charge in [-0.2, -0.15) is 4.39 Å². The lowest BCUT2D eigenvalue weighted by atomic mass is 10.2. The molecule has 0 bridgehead atoms. The van der Waals surface area contributed by atoms with Crippen molar-refractivity contribution in [3.8, 4) is 0 Å². The highest BCUT2D eigenvalue weighted by Crippen LogP contribution is 2.22. The minimum absolute atomic E-state index is 0.0496. The largest absolute Gasteiger partial charge is 0.304 e. The Bertz CT molecular complexity index is 645. The Hall–Kier alpha value is -1.86. The lowest BCUT2D eigenvalue weighted by Gasteiger charge is -2.11. The van der Waals surface area contributed by atoms with E-state index in [1.54, 1.807) is 17.4 Å². The predicted octanol–water partition coefficient (Wildman–Crippen LogP) is 3.60. The second-order valence-electron chi connectivity index (χ2n) is 4.66. The smallest absolute Gasteiger partial charge is 0.304 e. The average Bonchev–Trinajstić information content (AvgIpc) is 2.93. The molecule has 0 spiro atoms. The summed E-state index contributed by atoms with van der Waals surface area (Å²) < 4.78 is 13.5. The summed E-state index contributed by atoms with van der Waals surface area (Å²) in [4.78, 5) is 15.4. The fourth-order valence-corrected chi connectivity index (χ4v) is 2.74. The van der Waals surface area contributed by atoms with Gasteiger partial charge in [-0.05, 0) is 25.0 Å². The number of rotatable bonds is 6. The molecule has 0 saturated heterocycles. The number of thiazole rings is 1. The first kappa shape index (κ1) is 15.5. The molecule has 5 nitrogen and oxygen atoms in total. The van der Waals surface area contributed by atoms with Gasteiger partial charge >= 0.3 is 5.69 Å². The van der Waals surface area contributed by atoms with Gasteiger partial charge in [-0.3, -0.25) is 10.1 Å². The van der Waals surface area contributed by atoms with Gasteiger partial charge in [0.15, 0.2) is 0 Å². The van der Waals surface area contributed by atoms with Crippen molar-refractivity contribution in [3.05, 3.63) is 55.8 Å². The first-order valence-electron chi connectivity index (χ1n) is 6.62. The fraction of sp³-hybridized carbons (Fsp3) is 0.357. The number of nitro groups is 1. The zero-order chi connectivity index (χ0) is 15.4. The summed E-state index contributed by atoms with van der Waals surface area (Å²) in [5.74, 6) is -0.811. The van der Waals surface area contributed by atoms with Crippen LogP contribution in [0.25, 0.3) is 0 Å². The maximum absolute atomic E-state index is 13.5. The van der Waals surface area contributed by atoms with Crippen LogP contribution in [-0.2, 0) is 13.0 Å². The standard InChI is InChI=1S/C14H16FN3O2S/c1-3-11-8-17-14(21-11)9(2)16-7-10-4-5-13(18(19)20)12(15)6-10/h4-6,8-9,16H,3,7H2,1-2H3. The first-order valence-corrected chi connectivity index (χ1v) is 7.43. The van der Waals surface area contributed by atoms with E-state index in [4.69, 9.17) is 0 Å². The summed E-state index contributed by atoms with van der Waals surface area (Å²) in [6, 6.07) is 3.99. The summed E-state index contributed by atoms with van der Waals surface area (Å²) in [5, 5.41) is 14.8. The van der Waals surface area contributed by atoms with Gasteiger partial charge in [0, 0.05) is 23.7 Å². The number of aryl methyl sites for hydroxylation is 1. The summed E-state index contributed by atoms with van der Waals surface area (Å²) in [6.45, 7) is 4.49. The van der Waals surface area contributed by atoms with Crippen molar-refractivity contribution in [1.82, 2.24) is 10.3 Å². The molecule has 0 radical (unpaired) electrons. The summed E-state index contributed by atoms with van der Waals surface area (Å²) >= 11 is 1.65. The molecule has 2 aromatic rings. The van der Waals surface area contributed by atoms with Crippen LogP contribution in [0.2, 0.25) is 0 Å². The third-order valence-electron chi connectivity index (χ3n) is 3.11. The molecule has 1 aromatic heterocycles. The maximum atomic E-state index is 13.5. The lowest BCUT2D eigenvalue weighted by molar-refractivity contribution is -0.387. The van der Waals surface area contributed by atoms with Crippen LogP contribution in [0.15, 0.2) is 24.4 Å². The summed E-state index contributed by atoms with van der Waals surface area (Å²) in [7, 11) is 0. The van der Waals surface area contributed by atoms with Crippen LogP contribution in [0.4, 0.5) is 10.1 Å². The molecule has 1 unspecified atom stereocenters. The number of halogens is 1. The van der Waals surface area contributed by atoms with Gasteiger partial charge < -0.3 is 5.32 Å². The van der Waals surface area contributed by atoms with Crippen molar-refractivity contribution >= 4 is 17.0 Å². The number of hydrogen-bond acceptors (Lipinski definition) is 5. The van der Waals surface area contributed by atoms with Crippen LogP contribution < -0.4 is 5.32 Å². The van der Waals surface area contributed by atoms with E-state index < -0.39 is 16.4 Å². The van der Waals surface area contributed by atoms with Crippen molar-refractivity contribution in [2.24, 2.45) is 0 Å². The highest BCUT2D eigenvalue weighted by atomic mass is 32.1. The molecule has 112 valence electrons. The molecular weight excluding hydrogens is 293 g/mol. The number of nitrogens with one attached hydrogen (secondary N) is 1. The Labute approximate surface area is 126 Å². The molecule has 7 heteroatoms. The van der Waals surface area contributed by atoms with Crippen molar-refractivity contribution in [1.29, 1.82) is 0 Å². The predicted molar refractivity (Wildman–Crippen MR) is 79.8 cm³/mol. The van der Waals surface area contributed by atoms with E-state index in [1.165, 1.54) is 17.0 Å². The van der Waals surface area contributed by atoms with Crippen LogP contribution in [0.5, 0.6) is 0 Å². The molecule has 0 fully saturated rings. The van der Waals surface area contributed by atoms with Crippen molar-refractivity contribution in [2.45, 2.75) is 32.9 Å². The second-order valence-corrected chi connectivity index (χ2v) is 5.81. The number of nitro benzene ring substituents is 1. The lowest BCUT2D eigenvalue weighted by Crippen LogP contribution is -2.18. The number of hydrogen-bond donors (Lipinski definition) is 1. The molecule has 1 N–H and O–H groups in total. The normalized spacial score (nSPS) is 12.3. The molecule has 0 aliphatic carbocycles. The minimum Gasteiger partial charge on any atom is -0.304 e. The van der Waals surface area contributed by atoms with Gasteiger partial charge in [0.2, 0.25) is 5.82 Å². The van der Waals surface area contributed by atoms with Crippen LogP contribution >= 0.6 is 11.3 Å². The fourth-order valence-electron chi connectivity index (χ4n) is 1.85. The van der Waals surface area contributed by atoms with E-state index in [0.29, 0.717) is 12.1 Å². The molecule has 0 aliphatic heterocycles. The number of aromatic nitrogens is 1. The SMILES string of the molecule is CCc1cnc(C(C)NCc2ccc([N+](=O)[O-])c(F)c2)s1. The molecule has 2 rings (SSSR count). The van der Waals surface area contributed by atoms with Crippen LogP contribution in [0, 0.1) is 15.9 Å². The van der Waals surface area contributed by atoms with E-state index >= 15 is 0 Å². The Kier molecular flexibility index (Phi) is 4.98. The monoisotopic (exact) mass is 309 g/mol. The van der Waals surface area contributed by atoms with Crippen molar-refractivity contribution < 1.29 is 9.31 Å². The van der Waals surface area contributed by atoms with E-state index in [0.717, 1.165) is 11.4 Å². The zero-order valence-electron chi connectivity index (χ0n) is 11.8. The molecule has 1 atom stereocenters. The van der Waals surface area contributed by atoms with E-state index in [2.05, 4.69) is 17.2 Å². The van der Waals surface area contributed by atoms with Gasteiger partial charge in [-0.1, -0.05) is 13.0 Å². The Balaban J connectivity index is 1.99. The highest BCUT2D eigenvalue weighted by Gasteiger charge is 2.14. The Morgan fingerprint density at radius 1 is 1.52 bits per heavy atom. The quantitative estimate of drug-likeness (QED) is 0.654. The molecule has 0 aliphatic rings. The summed E-state index contributed by atoms with van der Waals surface area (Å²) in [5.41, 5.74) is 0.163. The van der Waals surface area contributed by atoms with Crippen molar-refractivity contribution in [2.75, 3.05) is 0 Å². The van der Waals surface area contributed by atoms with Gasteiger partial charge in [-0.25, -0.2) is 4.98 Å². The van der Waals surface area contributed by atoms with Gasteiger partial charge in [-0.15, -0.1) is 11.3 Å². The maximum Gasteiger partial charge on any atom is 0.304 e. The molecule has 1 aromatic carbocycles. The zero-order valence-corrected chi connectivity index (χ0v) is 12.6. The third kappa shape index (κ3) is 3.83. The van der Waals surface area contributed by atoms with E-state index in [1.807, 2.05) is 13.1 Å². The average molecular weight is 309 g/mol. The second kappa shape index (κ2) is 6.73. The molecule has 21 heavy (non-hydrogen) atoms. The summed E-state index contributed by atoms with van der Waals surface area (Å²) in [6.07, 6.45) is 2.82. The van der Waals surface area contributed by atoms with E-state index in [9.17, 15) is 14.5 Å². The molecular formula is C14H16FN3O2S. The van der Waals surface area contributed by atoms with Crippen LogP contribution in [0.3, 0.4) is 0 Å². The van der Waals surface area contributed by atoms with Crippen LogP contribution in [-0.4, -0.2) is 9.91 Å². The highest BCUT2D eigenvalue weighted by molar-refractivity contribution is 7.11.